The Labute approximate surface area is 143 Å². The molecule has 3 rings (SSSR count). The molecule has 0 unspecified atom stereocenters. The summed E-state index contributed by atoms with van der Waals surface area (Å²) in [5.41, 5.74) is 22.4. The lowest BCUT2D eigenvalue weighted by Gasteiger charge is -2.10. The third kappa shape index (κ3) is 4.04. The minimum atomic E-state index is 0.286. The van der Waals surface area contributed by atoms with E-state index in [2.05, 4.69) is 35.3 Å². The summed E-state index contributed by atoms with van der Waals surface area (Å²) < 4.78 is 0. The van der Waals surface area contributed by atoms with Crippen LogP contribution in [0, 0.1) is 0 Å². The van der Waals surface area contributed by atoms with Crippen LogP contribution in [-0.2, 0) is 6.42 Å². The lowest BCUT2D eigenvalue weighted by molar-refractivity contribution is 1.18. The summed E-state index contributed by atoms with van der Waals surface area (Å²) in [7, 11) is 0. The van der Waals surface area contributed by atoms with Crippen LogP contribution >= 0.6 is 0 Å². The number of pyridine rings is 1. The summed E-state index contributed by atoms with van der Waals surface area (Å²) in [6, 6.07) is 20.4. The van der Waals surface area contributed by atoms with Gasteiger partial charge in [-0.1, -0.05) is 68.4 Å². The fourth-order valence-corrected chi connectivity index (χ4v) is 2.51. The average molecular weight is 320 g/mol. The first kappa shape index (κ1) is 17.3. The summed E-state index contributed by atoms with van der Waals surface area (Å²) in [5, 5.41) is 0. The maximum atomic E-state index is 6.01. The van der Waals surface area contributed by atoms with Gasteiger partial charge in [0.05, 0.1) is 5.69 Å². The molecule has 2 aromatic carbocycles. The SMILES string of the molecule is CC.Nc1cc(Cc2cccc(-c3ccccc3)c2)c(N)c(N)n1. The van der Waals surface area contributed by atoms with Crippen LogP contribution in [-0.4, -0.2) is 4.98 Å². The van der Waals surface area contributed by atoms with Crippen LogP contribution in [0.2, 0.25) is 0 Å². The Morgan fingerprint density at radius 2 is 1.46 bits per heavy atom. The normalized spacial score (nSPS) is 9.92. The van der Waals surface area contributed by atoms with Crippen molar-refractivity contribution in [2.75, 3.05) is 17.2 Å². The number of anilines is 3. The van der Waals surface area contributed by atoms with Gasteiger partial charge >= 0.3 is 0 Å². The fourth-order valence-electron chi connectivity index (χ4n) is 2.51. The van der Waals surface area contributed by atoms with Crippen LogP contribution in [0.5, 0.6) is 0 Å². The first-order valence-corrected chi connectivity index (χ1v) is 8.08. The van der Waals surface area contributed by atoms with Crippen molar-refractivity contribution in [2.45, 2.75) is 20.3 Å². The molecule has 6 N–H and O–H groups in total. The predicted molar refractivity (Wildman–Crippen MR) is 104 cm³/mol. The number of aromatic nitrogens is 1. The van der Waals surface area contributed by atoms with Crippen LogP contribution in [0.25, 0.3) is 11.1 Å². The average Bonchev–Trinajstić information content (AvgIpc) is 2.62. The highest BCUT2D eigenvalue weighted by atomic mass is 14.9. The number of nitrogens with zero attached hydrogens (tertiary/aromatic N) is 1. The smallest absolute Gasteiger partial charge is 0.149 e. The third-order valence-electron chi connectivity index (χ3n) is 3.62. The van der Waals surface area contributed by atoms with Crippen LogP contribution in [0.4, 0.5) is 17.3 Å². The number of benzene rings is 2. The molecule has 0 aliphatic heterocycles. The van der Waals surface area contributed by atoms with Crippen LogP contribution in [0.15, 0.2) is 60.7 Å². The molecule has 0 radical (unpaired) electrons. The maximum Gasteiger partial charge on any atom is 0.149 e. The Bertz CT molecular complexity index is 798. The fraction of sp³-hybridized carbons (Fsp3) is 0.150. The van der Waals surface area contributed by atoms with E-state index in [0.29, 0.717) is 17.9 Å². The molecule has 4 heteroatoms. The maximum absolute atomic E-state index is 6.01. The Hall–Kier alpha value is -3.01. The van der Waals surface area contributed by atoms with Crippen LogP contribution < -0.4 is 17.2 Å². The molecule has 0 fully saturated rings. The van der Waals surface area contributed by atoms with Gasteiger partial charge in [-0.25, -0.2) is 4.98 Å². The Morgan fingerprint density at radius 3 is 2.17 bits per heavy atom. The standard InChI is InChI=1S/C18H18N4.C2H6/c19-16-11-15(17(20)18(21)22-16)10-12-5-4-8-14(9-12)13-6-2-1-3-7-13;1-2/h1-9,11H,10,20H2,(H4,19,21,22);1-2H3. The Kier molecular flexibility index (Phi) is 5.79. The zero-order valence-electron chi connectivity index (χ0n) is 14.2. The van der Waals surface area contributed by atoms with Crippen molar-refractivity contribution >= 4 is 17.3 Å². The van der Waals surface area contributed by atoms with Gasteiger partial charge in [-0.15, -0.1) is 0 Å². The van der Waals surface area contributed by atoms with Gasteiger partial charge in [0.1, 0.15) is 11.6 Å². The molecule has 1 heterocycles. The number of rotatable bonds is 3. The Balaban J connectivity index is 0.00000100. The molecule has 4 nitrogen and oxygen atoms in total. The largest absolute Gasteiger partial charge is 0.396 e. The molecular weight excluding hydrogens is 296 g/mol. The van der Waals surface area contributed by atoms with Gasteiger partial charge in [-0.05, 0) is 34.7 Å². The third-order valence-corrected chi connectivity index (χ3v) is 3.62. The van der Waals surface area contributed by atoms with Crippen molar-refractivity contribution in [3.8, 4) is 11.1 Å². The van der Waals surface area contributed by atoms with Gasteiger partial charge in [0, 0.05) is 0 Å². The van der Waals surface area contributed by atoms with Crippen molar-refractivity contribution in [1.82, 2.24) is 4.98 Å². The molecule has 0 amide bonds. The van der Waals surface area contributed by atoms with Crippen molar-refractivity contribution < 1.29 is 0 Å². The number of nitrogens with two attached hydrogens (primary N) is 3. The van der Waals surface area contributed by atoms with Gasteiger partial charge in [0.2, 0.25) is 0 Å². The molecule has 0 aliphatic rings. The second-order valence-corrected chi connectivity index (χ2v) is 5.25. The second kappa shape index (κ2) is 8.02. The molecule has 0 saturated carbocycles. The van der Waals surface area contributed by atoms with E-state index in [1.807, 2.05) is 38.1 Å². The minimum absolute atomic E-state index is 0.286. The summed E-state index contributed by atoms with van der Waals surface area (Å²) in [6.45, 7) is 4.00. The van der Waals surface area contributed by atoms with E-state index in [-0.39, 0.29) is 5.82 Å². The van der Waals surface area contributed by atoms with Gasteiger partial charge in [0.25, 0.3) is 0 Å². The van der Waals surface area contributed by atoms with E-state index in [4.69, 9.17) is 17.2 Å². The lowest BCUT2D eigenvalue weighted by Crippen LogP contribution is -2.05. The van der Waals surface area contributed by atoms with Gasteiger partial charge in [-0.3, -0.25) is 0 Å². The minimum Gasteiger partial charge on any atom is -0.396 e. The molecule has 0 bridgehead atoms. The zero-order valence-corrected chi connectivity index (χ0v) is 14.2. The summed E-state index contributed by atoms with van der Waals surface area (Å²) in [5.74, 6) is 0.676. The Morgan fingerprint density at radius 1 is 0.792 bits per heavy atom. The molecular formula is C20H24N4. The van der Waals surface area contributed by atoms with Gasteiger partial charge in [0.15, 0.2) is 0 Å². The lowest BCUT2D eigenvalue weighted by atomic mass is 9.99. The molecule has 124 valence electrons. The highest BCUT2D eigenvalue weighted by molar-refractivity contribution is 5.68. The van der Waals surface area contributed by atoms with Gasteiger partial charge in [-0.2, -0.15) is 0 Å². The van der Waals surface area contributed by atoms with Crippen molar-refractivity contribution in [2.24, 2.45) is 0 Å². The van der Waals surface area contributed by atoms with E-state index >= 15 is 0 Å². The number of hydrogen-bond donors (Lipinski definition) is 3. The molecule has 1 aromatic heterocycles. The van der Waals surface area contributed by atoms with Crippen molar-refractivity contribution in [3.63, 3.8) is 0 Å². The molecule has 24 heavy (non-hydrogen) atoms. The van der Waals surface area contributed by atoms with E-state index in [9.17, 15) is 0 Å². The van der Waals surface area contributed by atoms with Gasteiger partial charge < -0.3 is 17.2 Å². The molecule has 3 aromatic rings. The number of nitrogen functional groups attached to an aromatic ring is 3. The van der Waals surface area contributed by atoms with Crippen LogP contribution in [0.3, 0.4) is 0 Å². The van der Waals surface area contributed by atoms with E-state index in [1.165, 1.54) is 11.1 Å². The first-order chi connectivity index (χ1) is 11.6. The highest BCUT2D eigenvalue weighted by Crippen LogP contribution is 2.25. The first-order valence-electron chi connectivity index (χ1n) is 8.08. The molecule has 0 atom stereocenters. The monoisotopic (exact) mass is 320 g/mol. The predicted octanol–water partition coefficient (Wildman–Crippen LogP) is 4.11. The van der Waals surface area contributed by atoms with Crippen LogP contribution in [0.1, 0.15) is 25.0 Å². The van der Waals surface area contributed by atoms with E-state index in [0.717, 1.165) is 11.1 Å². The molecule has 0 saturated heterocycles. The quantitative estimate of drug-likeness (QED) is 0.677. The van der Waals surface area contributed by atoms with Crippen molar-refractivity contribution in [1.29, 1.82) is 0 Å². The summed E-state index contributed by atoms with van der Waals surface area (Å²) in [6.07, 6.45) is 0.670. The second-order valence-electron chi connectivity index (χ2n) is 5.25. The topological polar surface area (TPSA) is 91.0 Å². The summed E-state index contributed by atoms with van der Waals surface area (Å²) >= 11 is 0. The molecule has 0 aliphatic carbocycles. The molecule has 0 spiro atoms. The highest BCUT2D eigenvalue weighted by Gasteiger charge is 2.08. The zero-order chi connectivity index (χ0) is 17.5. The number of hydrogen-bond acceptors (Lipinski definition) is 4. The van der Waals surface area contributed by atoms with E-state index in [1.54, 1.807) is 6.07 Å². The van der Waals surface area contributed by atoms with Crippen molar-refractivity contribution in [3.05, 3.63) is 71.8 Å². The summed E-state index contributed by atoms with van der Waals surface area (Å²) in [4.78, 5) is 3.97. The van der Waals surface area contributed by atoms with E-state index < -0.39 is 0 Å².